The van der Waals surface area contributed by atoms with E-state index in [2.05, 4.69) is 6.92 Å². The minimum atomic E-state index is -0.594. The van der Waals surface area contributed by atoms with Crippen LogP contribution in [0, 0.1) is 27.7 Å². The highest BCUT2D eigenvalue weighted by Crippen LogP contribution is 2.37. The molecule has 0 unspecified atom stereocenters. The van der Waals surface area contributed by atoms with Gasteiger partial charge in [0.05, 0.1) is 22.2 Å². The van der Waals surface area contributed by atoms with Gasteiger partial charge in [0.2, 0.25) is 0 Å². The van der Waals surface area contributed by atoms with Crippen LogP contribution in [0.4, 0.5) is 25.8 Å². The molecule has 2 aromatic carbocycles. The number of benzene rings is 2. The Morgan fingerprint density at radius 2 is 1.56 bits per heavy atom. The molecule has 0 bridgehead atoms. The quantitative estimate of drug-likeness (QED) is 0.525. The van der Waals surface area contributed by atoms with Crippen molar-refractivity contribution in [1.29, 1.82) is 0 Å². The van der Waals surface area contributed by atoms with Gasteiger partial charge in [-0.25, -0.2) is 8.78 Å². The van der Waals surface area contributed by atoms with Crippen LogP contribution in [0.15, 0.2) is 36.4 Å². The van der Waals surface area contributed by atoms with Crippen LogP contribution in [0.3, 0.4) is 0 Å². The Bertz CT molecular complexity index is 1020. The number of nitrogens with zero attached hydrogens (tertiary/aromatic N) is 4. The summed E-state index contributed by atoms with van der Waals surface area (Å²) in [6.07, 6.45) is 1.89. The minimum Gasteiger partial charge on any atom is -0.369 e. The van der Waals surface area contributed by atoms with Gasteiger partial charge in [-0.15, -0.1) is 0 Å². The molecule has 0 radical (unpaired) electrons. The molecule has 2 aromatic rings. The molecule has 1 amide bonds. The maximum Gasteiger partial charge on any atom is 0.295 e. The summed E-state index contributed by atoms with van der Waals surface area (Å²) >= 11 is 0. The smallest absolute Gasteiger partial charge is 0.295 e. The van der Waals surface area contributed by atoms with Gasteiger partial charge in [0.25, 0.3) is 11.6 Å². The molecule has 2 heterocycles. The standard InChI is InChI=1S/C23H26F2N4O3/c1-16-6-8-26(9-7-16)20-15-21(22(29(31)32)14-19(20)25)27-10-12-28(13-11-27)23(30)17-4-2-3-5-18(17)24/h2-5,14-16H,6-13H2,1H3. The van der Waals surface area contributed by atoms with E-state index in [0.717, 1.165) is 18.9 Å². The molecule has 7 nitrogen and oxygen atoms in total. The zero-order valence-electron chi connectivity index (χ0n) is 18.0. The Kier molecular flexibility index (Phi) is 6.25. The Morgan fingerprint density at radius 1 is 0.938 bits per heavy atom. The molecule has 0 atom stereocenters. The molecule has 0 aliphatic carbocycles. The van der Waals surface area contributed by atoms with E-state index in [1.807, 2.05) is 4.90 Å². The number of piperazine rings is 1. The van der Waals surface area contributed by atoms with E-state index in [1.165, 1.54) is 23.1 Å². The SMILES string of the molecule is CC1CCN(c2cc(N3CCN(C(=O)c4ccccc4F)CC3)c([N+](=O)[O-])cc2F)CC1. The second-order valence-electron chi connectivity index (χ2n) is 8.48. The normalized spacial score (nSPS) is 17.5. The molecule has 9 heteroatoms. The first-order valence-corrected chi connectivity index (χ1v) is 10.9. The van der Waals surface area contributed by atoms with E-state index in [9.17, 15) is 23.7 Å². The lowest BCUT2D eigenvalue weighted by molar-refractivity contribution is -0.384. The zero-order valence-corrected chi connectivity index (χ0v) is 18.0. The van der Waals surface area contributed by atoms with Gasteiger partial charge in [-0.3, -0.25) is 14.9 Å². The van der Waals surface area contributed by atoms with Crippen molar-refractivity contribution < 1.29 is 18.5 Å². The van der Waals surface area contributed by atoms with Gasteiger partial charge in [-0.05, 0) is 37.0 Å². The number of halogens is 2. The number of anilines is 2. The first kappa shape index (κ1) is 22.0. The molecule has 0 spiro atoms. The van der Waals surface area contributed by atoms with Crippen LogP contribution in [-0.4, -0.2) is 55.0 Å². The number of hydrogen-bond donors (Lipinski definition) is 0. The first-order chi connectivity index (χ1) is 15.3. The molecule has 0 saturated carbocycles. The van der Waals surface area contributed by atoms with Crippen LogP contribution in [0.1, 0.15) is 30.1 Å². The lowest BCUT2D eigenvalue weighted by atomic mass is 9.98. The zero-order chi connectivity index (χ0) is 22.8. The van der Waals surface area contributed by atoms with Crippen molar-refractivity contribution in [2.45, 2.75) is 19.8 Å². The highest BCUT2D eigenvalue weighted by Gasteiger charge is 2.30. The summed E-state index contributed by atoms with van der Waals surface area (Å²) in [5.74, 6) is -0.996. The van der Waals surface area contributed by atoms with Crippen molar-refractivity contribution in [3.05, 3.63) is 63.7 Å². The Morgan fingerprint density at radius 3 is 2.19 bits per heavy atom. The van der Waals surface area contributed by atoms with Gasteiger partial charge in [-0.1, -0.05) is 19.1 Å². The topological polar surface area (TPSA) is 69.9 Å². The number of amides is 1. The molecule has 2 aliphatic rings. The average molecular weight is 444 g/mol. The first-order valence-electron chi connectivity index (χ1n) is 10.9. The molecule has 32 heavy (non-hydrogen) atoms. The number of nitro groups is 1. The summed E-state index contributed by atoms with van der Waals surface area (Å²) in [6, 6.07) is 8.39. The molecular weight excluding hydrogens is 418 g/mol. The van der Waals surface area contributed by atoms with Crippen LogP contribution >= 0.6 is 0 Å². The van der Waals surface area contributed by atoms with Gasteiger partial charge in [0, 0.05) is 39.3 Å². The molecule has 2 fully saturated rings. The molecule has 170 valence electrons. The molecule has 2 aliphatic heterocycles. The number of hydrogen-bond acceptors (Lipinski definition) is 5. The van der Waals surface area contributed by atoms with E-state index in [1.54, 1.807) is 17.0 Å². The third-order valence-corrected chi connectivity index (χ3v) is 6.38. The van der Waals surface area contributed by atoms with Crippen LogP contribution in [0.5, 0.6) is 0 Å². The highest BCUT2D eigenvalue weighted by molar-refractivity contribution is 5.94. The van der Waals surface area contributed by atoms with Crippen molar-refractivity contribution >= 4 is 23.0 Å². The lowest BCUT2D eigenvalue weighted by Crippen LogP contribution is -2.49. The van der Waals surface area contributed by atoms with Gasteiger partial charge in [0.1, 0.15) is 11.5 Å². The van der Waals surface area contributed by atoms with E-state index < -0.39 is 22.5 Å². The van der Waals surface area contributed by atoms with Crippen LogP contribution in [-0.2, 0) is 0 Å². The van der Waals surface area contributed by atoms with Crippen molar-refractivity contribution in [2.75, 3.05) is 49.1 Å². The van der Waals surface area contributed by atoms with Gasteiger partial charge < -0.3 is 14.7 Å². The largest absolute Gasteiger partial charge is 0.369 e. The predicted octanol–water partition coefficient (Wildman–Crippen LogP) is 4.07. The average Bonchev–Trinajstić information content (AvgIpc) is 2.79. The molecule has 2 saturated heterocycles. The van der Waals surface area contributed by atoms with Gasteiger partial charge >= 0.3 is 0 Å². The summed E-state index contributed by atoms with van der Waals surface area (Å²) in [4.78, 5) is 29.0. The monoisotopic (exact) mass is 444 g/mol. The van der Waals surface area contributed by atoms with Gasteiger partial charge in [-0.2, -0.15) is 0 Å². The van der Waals surface area contributed by atoms with Crippen molar-refractivity contribution in [1.82, 2.24) is 4.90 Å². The van der Waals surface area contributed by atoms with E-state index >= 15 is 0 Å². The summed E-state index contributed by atoms with van der Waals surface area (Å²) < 4.78 is 28.8. The maximum absolute atomic E-state index is 14.8. The fraction of sp³-hybridized carbons (Fsp3) is 0.435. The summed E-state index contributed by atoms with van der Waals surface area (Å²) in [6.45, 7) is 4.83. The second-order valence-corrected chi connectivity index (χ2v) is 8.48. The Balaban J connectivity index is 1.54. The number of rotatable bonds is 4. The predicted molar refractivity (Wildman–Crippen MR) is 118 cm³/mol. The fourth-order valence-corrected chi connectivity index (χ4v) is 4.39. The summed E-state index contributed by atoms with van der Waals surface area (Å²) in [5, 5.41) is 11.6. The fourth-order valence-electron chi connectivity index (χ4n) is 4.39. The van der Waals surface area contributed by atoms with E-state index in [0.29, 0.717) is 43.5 Å². The van der Waals surface area contributed by atoms with Crippen LogP contribution in [0.2, 0.25) is 0 Å². The lowest BCUT2D eigenvalue weighted by Gasteiger charge is -2.37. The number of carbonyl (C=O) groups is 1. The number of nitro benzene ring substituents is 1. The van der Waals surface area contributed by atoms with Crippen molar-refractivity contribution in [3.63, 3.8) is 0 Å². The van der Waals surface area contributed by atoms with Crippen LogP contribution < -0.4 is 9.80 Å². The van der Waals surface area contributed by atoms with Crippen LogP contribution in [0.25, 0.3) is 0 Å². The number of piperidine rings is 1. The van der Waals surface area contributed by atoms with Crippen molar-refractivity contribution in [3.8, 4) is 0 Å². The third-order valence-electron chi connectivity index (χ3n) is 6.38. The minimum absolute atomic E-state index is 0.00956. The third kappa shape index (κ3) is 4.37. The summed E-state index contributed by atoms with van der Waals surface area (Å²) in [7, 11) is 0. The molecule has 4 rings (SSSR count). The highest BCUT2D eigenvalue weighted by atomic mass is 19.1. The summed E-state index contributed by atoms with van der Waals surface area (Å²) in [5.41, 5.74) is 0.450. The van der Waals surface area contributed by atoms with E-state index in [4.69, 9.17) is 0 Å². The maximum atomic E-state index is 14.8. The van der Waals surface area contributed by atoms with E-state index in [-0.39, 0.29) is 24.3 Å². The molecule has 0 aromatic heterocycles. The Hall–Kier alpha value is -3.23. The molecule has 0 N–H and O–H groups in total. The van der Waals surface area contributed by atoms with Crippen molar-refractivity contribution in [2.24, 2.45) is 5.92 Å². The second kappa shape index (κ2) is 9.10. The Labute approximate surface area is 185 Å². The number of carbonyl (C=O) groups excluding carboxylic acids is 1. The molecular formula is C23H26F2N4O3. The van der Waals surface area contributed by atoms with Gasteiger partial charge in [0.15, 0.2) is 5.82 Å².